The van der Waals surface area contributed by atoms with Gasteiger partial charge in [0.15, 0.2) is 0 Å². The molecule has 1 saturated carbocycles. The molecule has 0 heterocycles. The van der Waals surface area contributed by atoms with Crippen LogP contribution in [0.2, 0.25) is 0 Å². The molecule has 0 bridgehead atoms. The number of carbonyl (C=O) groups excluding carboxylic acids is 1. The fourth-order valence-electron chi connectivity index (χ4n) is 2.14. The lowest BCUT2D eigenvalue weighted by Crippen LogP contribution is -2.16. The predicted molar refractivity (Wildman–Crippen MR) is 80.8 cm³/mol. The highest BCUT2D eigenvalue weighted by Gasteiger charge is 2.50. The summed E-state index contributed by atoms with van der Waals surface area (Å²) in [7, 11) is 0. The first kappa shape index (κ1) is 14.9. The molecular weight excluding hydrogens is 274 g/mol. The van der Waals surface area contributed by atoms with Gasteiger partial charge in [0.05, 0.1) is 5.75 Å². The SMILES string of the molecule is CC1(C)CC1C(=O)Nc1cccc(CSCC(=O)O)c1. The molecule has 1 unspecified atom stereocenters. The largest absolute Gasteiger partial charge is 0.481 e. The average molecular weight is 293 g/mol. The van der Waals surface area contributed by atoms with Crippen LogP contribution in [0.5, 0.6) is 0 Å². The Kier molecular flexibility index (Phi) is 4.38. The maximum atomic E-state index is 12.0. The molecule has 1 atom stereocenters. The number of rotatable bonds is 6. The molecule has 20 heavy (non-hydrogen) atoms. The highest BCUT2D eigenvalue weighted by atomic mass is 32.2. The molecule has 1 amide bonds. The van der Waals surface area contributed by atoms with Crippen LogP contribution in [0.1, 0.15) is 25.8 Å². The van der Waals surface area contributed by atoms with Crippen LogP contribution >= 0.6 is 11.8 Å². The topological polar surface area (TPSA) is 66.4 Å². The number of hydrogen-bond acceptors (Lipinski definition) is 3. The van der Waals surface area contributed by atoms with Crippen molar-refractivity contribution in [2.24, 2.45) is 11.3 Å². The summed E-state index contributed by atoms with van der Waals surface area (Å²) in [5, 5.41) is 11.5. The molecule has 0 spiro atoms. The zero-order chi connectivity index (χ0) is 14.8. The molecule has 0 saturated heterocycles. The van der Waals surface area contributed by atoms with E-state index >= 15 is 0 Å². The molecule has 1 aliphatic rings. The lowest BCUT2D eigenvalue weighted by molar-refractivity contribution is -0.133. The van der Waals surface area contributed by atoms with Crippen LogP contribution in [0, 0.1) is 11.3 Å². The van der Waals surface area contributed by atoms with E-state index in [0.717, 1.165) is 17.7 Å². The molecule has 1 aromatic rings. The summed E-state index contributed by atoms with van der Waals surface area (Å²) >= 11 is 1.35. The van der Waals surface area contributed by atoms with Crippen molar-refractivity contribution in [2.45, 2.75) is 26.0 Å². The van der Waals surface area contributed by atoms with E-state index in [-0.39, 0.29) is 23.0 Å². The maximum Gasteiger partial charge on any atom is 0.313 e. The van der Waals surface area contributed by atoms with Crippen molar-refractivity contribution in [2.75, 3.05) is 11.1 Å². The highest BCUT2D eigenvalue weighted by molar-refractivity contribution is 7.99. The zero-order valence-electron chi connectivity index (χ0n) is 11.7. The van der Waals surface area contributed by atoms with Gasteiger partial charge in [0.25, 0.3) is 0 Å². The number of hydrogen-bond donors (Lipinski definition) is 2. The summed E-state index contributed by atoms with van der Waals surface area (Å²) in [4.78, 5) is 22.5. The summed E-state index contributed by atoms with van der Waals surface area (Å²) < 4.78 is 0. The number of nitrogens with one attached hydrogen (secondary N) is 1. The third-order valence-corrected chi connectivity index (χ3v) is 4.51. The number of aliphatic carboxylic acids is 1. The number of amides is 1. The standard InChI is InChI=1S/C15H19NO3S/c1-15(2)7-12(15)14(19)16-11-5-3-4-10(6-11)8-20-9-13(17)18/h3-6,12H,7-9H2,1-2H3,(H,16,19)(H,17,18). The van der Waals surface area contributed by atoms with Crippen LogP contribution in [-0.4, -0.2) is 22.7 Å². The third-order valence-electron chi connectivity index (χ3n) is 3.52. The van der Waals surface area contributed by atoms with E-state index in [1.54, 1.807) is 0 Å². The highest BCUT2D eigenvalue weighted by Crippen LogP contribution is 2.51. The van der Waals surface area contributed by atoms with Crippen molar-refractivity contribution in [3.8, 4) is 0 Å². The predicted octanol–water partition coefficient (Wildman–Crippen LogP) is 2.99. The van der Waals surface area contributed by atoms with Gasteiger partial charge in [0.1, 0.15) is 0 Å². The molecule has 2 N–H and O–H groups in total. The number of benzene rings is 1. The van der Waals surface area contributed by atoms with Gasteiger partial charge in [-0.25, -0.2) is 0 Å². The molecule has 108 valence electrons. The molecule has 4 nitrogen and oxygen atoms in total. The summed E-state index contributed by atoms with van der Waals surface area (Å²) in [6.07, 6.45) is 0.937. The van der Waals surface area contributed by atoms with E-state index in [1.807, 2.05) is 24.3 Å². The van der Waals surface area contributed by atoms with Gasteiger partial charge < -0.3 is 10.4 Å². The Morgan fingerprint density at radius 1 is 1.45 bits per heavy atom. The van der Waals surface area contributed by atoms with E-state index in [0.29, 0.717) is 5.75 Å². The fourth-order valence-corrected chi connectivity index (χ4v) is 2.83. The molecule has 0 radical (unpaired) electrons. The minimum Gasteiger partial charge on any atom is -0.481 e. The van der Waals surface area contributed by atoms with Crippen LogP contribution in [0.25, 0.3) is 0 Å². The Morgan fingerprint density at radius 3 is 2.75 bits per heavy atom. The van der Waals surface area contributed by atoms with Crippen LogP contribution < -0.4 is 5.32 Å². The van der Waals surface area contributed by atoms with Gasteiger partial charge in [-0.3, -0.25) is 9.59 Å². The Balaban J connectivity index is 1.89. The maximum absolute atomic E-state index is 12.0. The van der Waals surface area contributed by atoms with Gasteiger partial charge in [-0.1, -0.05) is 26.0 Å². The molecule has 5 heteroatoms. The normalized spacial score (nSPS) is 19.4. The molecular formula is C15H19NO3S. The van der Waals surface area contributed by atoms with Gasteiger partial charge >= 0.3 is 5.97 Å². The van der Waals surface area contributed by atoms with Gasteiger partial charge in [0, 0.05) is 17.4 Å². The minimum atomic E-state index is -0.810. The first-order valence-electron chi connectivity index (χ1n) is 6.58. The van der Waals surface area contributed by atoms with E-state index in [2.05, 4.69) is 19.2 Å². The quantitative estimate of drug-likeness (QED) is 0.846. The second-order valence-corrected chi connectivity index (χ2v) is 6.81. The lowest BCUT2D eigenvalue weighted by Gasteiger charge is -2.08. The number of carbonyl (C=O) groups is 2. The Labute approximate surface area is 123 Å². The van der Waals surface area contributed by atoms with E-state index < -0.39 is 5.97 Å². The zero-order valence-corrected chi connectivity index (χ0v) is 12.5. The fraction of sp³-hybridized carbons (Fsp3) is 0.467. The second kappa shape index (κ2) is 5.87. The third kappa shape index (κ3) is 4.00. The number of carboxylic acids is 1. The molecule has 1 fully saturated rings. The summed E-state index contributed by atoms with van der Waals surface area (Å²) in [5.74, 6) is 0.0888. The van der Waals surface area contributed by atoms with Gasteiger partial charge in [0.2, 0.25) is 5.91 Å². The number of anilines is 1. The first-order chi connectivity index (χ1) is 9.38. The summed E-state index contributed by atoms with van der Waals surface area (Å²) in [6.45, 7) is 4.19. The van der Waals surface area contributed by atoms with E-state index in [4.69, 9.17) is 5.11 Å². The Hall–Kier alpha value is -1.49. The molecule has 1 aromatic carbocycles. The van der Waals surface area contributed by atoms with Crippen LogP contribution in [-0.2, 0) is 15.3 Å². The molecule has 2 rings (SSSR count). The molecule has 1 aliphatic carbocycles. The Morgan fingerprint density at radius 2 is 2.15 bits per heavy atom. The van der Waals surface area contributed by atoms with Crippen molar-refractivity contribution < 1.29 is 14.7 Å². The van der Waals surface area contributed by atoms with Crippen molar-refractivity contribution in [3.63, 3.8) is 0 Å². The van der Waals surface area contributed by atoms with Crippen molar-refractivity contribution in [1.29, 1.82) is 0 Å². The molecule has 0 aromatic heterocycles. The number of carboxylic acid groups (broad SMARTS) is 1. The lowest BCUT2D eigenvalue weighted by atomic mass is 10.1. The van der Waals surface area contributed by atoms with Crippen LogP contribution in [0.3, 0.4) is 0 Å². The minimum absolute atomic E-state index is 0.0744. The van der Waals surface area contributed by atoms with Gasteiger partial charge in [-0.05, 0) is 29.5 Å². The van der Waals surface area contributed by atoms with Crippen molar-refractivity contribution in [1.82, 2.24) is 0 Å². The summed E-state index contributed by atoms with van der Waals surface area (Å²) in [5.41, 5.74) is 1.93. The van der Waals surface area contributed by atoms with E-state index in [1.165, 1.54) is 11.8 Å². The smallest absolute Gasteiger partial charge is 0.313 e. The van der Waals surface area contributed by atoms with E-state index in [9.17, 15) is 9.59 Å². The average Bonchev–Trinajstić information content (AvgIpc) is 2.99. The van der Waals surface area contributed by atoms with Crippen molar-refractivity contribution in [3.05, 3.63) is 29.8 Å². The molecule has 0 aliphatic heterocycles. The van der Waals surface area contributed by atoms with Crippen LogP contribution in [0.4, 0.5) is 5.69 Å². The number of thioether (sulfide) groups is 1. The monoisotopic (exact) mass is 293 g/mol. The van der Waals surface area contributed by atoms with Gasteiger partial charge in [-0.2, -0.15) is 0 Å². The summed E-state index contributed by atoms with van der Waals surface area (Å²) in [6, 6.07) is 7.58. The Bertz CT molecular complexity index is 528. The van der Waals surface area contributed by atoms with Crippen molar-refractivity contribution >= 4 is 29.3 Å². The van der Waals surface area contributed by atoms with Gasteiger partial charge in [-0.15, -0.1) is 11.8 Å². The first-order valence-corrected chi connectivity index (χ1v) is 7.73. The second-order valence-electron chi connectivity index (χ2n) is 5.82. The van der Waals surface area contributed by atoms with Crippen LogP contribution in [0.15, 0.2) is 24.3 Å².